The van der Waals surface area contributed by atoms with Gasteiger partial charge in [-0.15, -0.1) is 6.58 Å². The number of hydrogen-bond acceptors (Lipinski definition) is 2. The molecular weight excluding hydrogens is 136 g/mol. The van der Waals surface area contributed by atoms with Crippen LogP contribution >= 0.6 is 0 Å². The van der Waals surface area contributed by atoms with E-state index in [0.717, 1.165) is 6.54 Å². The lowest BCUT2D eigenvalue weighted by Crippen LogP contribution is -2.40. The maximum absolute atomic E-state index is 5.64. The first-order chi connectivity index (χ1) is 5.29. The summed E-state index contributed by atoms with van der Waals surface area (Å²) in [6, 6.07) is 1.09. The van der Waals surface area contributed by atoms with E-state index in [-0.39, 0.29) is 0 Å². The number of rotatable bonds is 3. The lowest BCUT2D eigenvalue weighted by molar-refractivity contribution is 0.227. The molecular formula is C9H18N2. The molecule has 64 valence electrons. The Kier molecular flexibility index (Phi) is 3.09. The highest BCUT2D eigenvalue weighted by molar-refractivity contribution is 4.91. The third kappa shape index (κ3) is 1.82. The predicted octanol–water partition coefficient (Wildman–Crippen LogP) is 0.984. The van der Waals surface area contributed by atoms with E-state index in [4.69, 9.17) is 5.73 Å². The Bertz CT molecular complexity index is 134. The van der Waals surface area contributed by atoms with Crippen molar-refractivity contribution in [3.05, 3.63) is 12.7 Å². The first kappa shape index (κ1) is 8.75. The molecule has 1 aliphatic heterocycles. The first-order valence-electron chi connectivity index (χ1n) is 4.38. The Hall–Kier alpha value is -0.340. The third-order valence-corrected chi connectivity index (χ3v) is 2.56. The van der Waals surface area contributed by atoms with Gasteiger partial charge < -0.3 is 5.73 Å². The van der Waals surface area contributed by atoms with E-state index in [2.05, 4.69) is 18.4 Å². The summed E-state index contributed by atoms with van der Waals surface area (Å²) >= 11 is 0. The summed E-state index contributed by atoms with van der Waals surface area (Å²) in [5, 5.41) is 0. The predicted molar refractivity (Wildman–Crippen MR) is 48.4 cm³/mol. The molecule has 1 rings (SSSR count). The van der Waals surface area contributed by atoms with Crippen molar-refractivity contribution in [2.45, 2.75) is 31.8 Å². The molecule has 2 unspecified atom stereocenters. The van der Waals surface area contributed by atoms with Gasteiger partial charge in [0.25, 0.3) is 0 Å². The minimum absolute atomic E-state index is 0.492. The second-order valence-corrected chi connectivity index (χ2v) is 3.25. The van der Waals surface area contributed by atoms with E-state index >= 15 is 0 Å². The molecule has 0 bridgehead atoms. The van der Waals surface area contributed by atoms with Gasteiger partial charge in [0.05, 0.1) is 0 Å². The molecule has 0 aromatic carbocycles. The van der Waals surface area contributed by atoms with Gasteiger partial charge in [0.2, 0.25) is 0 Å². The number of hydrogen-bond donors (Lipinski definition) is 1. The standard InChI is InChI=1S/C9H18N2/c1-3-8(2)11-6-4-5-9(11)7-10/h3,8-9H,1,4-7,10H2,2H3. The molecule has 0 aromatic rings. The second kappa shape index (κ2) is 3.88. The Morgan fingerprint density at radius 1 is 1.82 bits per heavy atom. The monoisotopic (exact) mass is 154 g/mol. The highest BCUT2D eigenvalue weighted by Crippen LogP contribution is 2.19. The zero-order valence-corrected chi connectivity index (χ0v) is 7.29. The van der Waals surface area contributed by atoms with E-state index < -0.39 is 0 Å². The Labute approximate surface area is 69.1 Å². The average Bonchev–Trinajstić information content (AvgIpc) is 2.50. The lowest BCUT2D eigenvalue weighted by Gasteiger charge is -2.27. The van der Waals surface area contributed by atoms with Crippen molar-refractivity contribution in [2.75, 3.05) is 13.1 Å². The van der Waals surface area contributed by atoms with Gasteiger partial charge in [-0.05, 0) is 26.3 Å². The molecule has 0 aliphatic carbocycles. The summed E-state index contributed by atoms with van der Waals surface area (Å²) in [6.45, 7) is 7.95. The zero-order valence-electron chi connectivity index (χ0n) is 7.29. The van der Waals surface area contributed by atoms with Crippen LogP contribution in [0.4, 0.5) is 0 Å². The largest absolute Gasteiger partial charge is 0.329 e. The van der Waals surface area contributed by atoms with Crippen molar-refractivity contribution in [1.82, 2.24) is 4.90 Å². The summed E-state index contributed by atoms with van der Waals surface area (Å²) < 4.78 is 0. The van der Waals surface area contributed by atoms with Gasteiger partial charge >= 0.3 is 0 Å². The maximum Gasteiger partial charge on any atom is 0.0250 e. The molecule has 11 heavy (non-hydrogen) atoms. The van der Waals surface area contributed by atoms with Crippen LogP contribution in [0, 0.1) is 0 Å². The normalized spacial score (nSPS) is 28.7. The van der Waals surface area contributed by atoms with Gasteiger partial charge in [-0.1, -0.05) is 6.08 Å². The van der Waals surface area contributed by atoms with Gasteiger partial charge in [0, 0.05) is 18.6 Å². The van der Waals surface area contributed by atoms with Crippen LogP contribution in [-0.2, 0) is 0 Å². The van der Waals surface area contributed by atoms with Crippen LogP contribution in [0.1, 0.15) is 19.8 Å². The fourth-order valence-electron chi connectivity index (χ4n) is 1.78. The fourth-order valence-corrected chi connectivity index (χ4v) is 1.78. The molecule has 0 saturated carbocycles. The average molecular weight is 154 g/mol. The SMILES string of the molecule is C=CC(C)N1CCCC1CN. The van der Waals surface area contributed by atoms with Crippen LogP contribution in [0.15, 0.2) is 12.7 Å². The van der Waals surface area contributed by atoms with E-state index in [1.165, 1.54) is 19.4 Å². The Morgan fingerprint density at radius 3 is 3.09 bits per heavy atom. The zero-order chi connectivity index (χ0) is 8.27. The van der Waals surface area contributed by atoms with Crippen LogP contribution in [0.2, 0.25) is 0 Å². The summed E-state index contributed by atoms with van der Waals surface area (Å²) in [6.07, 6.45) is 4.54. The molecule has 0 aromatic heterocycles. The second-order valence-electron chi connectivity index (χ2n) is 3.25. The van der Waals surface area contributed by atoms with Crippen molar-refractivity contribution in [3.8, 4) is 0 Å². The number of nitrogens with two attached hydrogens (primary N) is 1. The van der Waals surface area contributed by atoms with Crippen molar-refractivity contribution in [2.24, 2.45) is 5.73 Å². The topological polar surface area (TPSA) is 29.3 Å². The van der Waals surface area contributed by atoms with Crippen molar-refractivity contribution < 1.29 is 0 Å². The molecule has 1 aliphatic rings. The summed E-state index contributed by atoms with van der Waals surface area (Å²) in [5.74, 6) is 0. The van der Waals surface area contributed by atoms with Crippen molar-refractivity contribution >= 4 is 0 Å². The minimum atomic E-state index is 0.492. The van der Waals surface area contributed by atoms with Crippen molar-refractivity contribution in [1.29, 1.82) is 0 Å². The Morgan fingerprint density at radius 2 is 2.55 bits per heavy atom. The van der Waals surface area contributed by atoms with Gasteiger partial charge in [-0.3, -0.25) is 4.90 Å². The van der Waals surface area contributed by atoms with E-state index in [1.807, 2.05) is 6.08 Å². The van der Waals surface area contributed by atoms with Gasteiger partial charge in [0.15, 0.2) is 0 Å². The van der Waals surface area contributed by atoms with E-state index in [9.17, 15) is 0 Å². The molecule has 0 radical (unpaired) electrons. The molecule has 1 fully saturated rings. The van der Waals surface area contributed by atoms with Crippen LogP contribution in [0.3, 0.4) is 0 Å². The van der Waals surface area contributed by atoms with Crippen LogP contribution in [-0.4, -0.2) is 30.1 Å². The molecule has 1 saturated heterocycles. The molecule has 2 N–H and O–H groups in total. The Balaban J connectivity index is 2.48. The molecule has 0 amide bonds. The van der Waals surface area contributed by atoms with Gasteiger partial charge in [-0.25, -0.2) is 0 Å². The number of likely N-dealkylation sites (tertiary alicyclic amines) is 1. The summed E-state index contributed by atoms with van der Waals surface area (Å²) in [4.78, 5) is 2.44. The molecule has 1 heterocycles. The lowest BCUT2D eigenvalue weighted by atomic mass is 10.2. The van der Waals surface area contributed by atoms with Crippen LogP contribution < -0.4 is 5.73 Å². The van der Waals surface area contributed by atoms with Gasteiger partial charge in [-0.2, -0.15) is 0 Å². The molecule has 2 atom stereocenters. The van der Waals surface area contributed by atoms with Crippen LogP contribution in [0.25, 0.3) is 0 Å². The minimum Gasteiger partial charge on any atom is -0.329 e. The van der Waals surface area contributed by atoms with Crippen LogP contribution in [0.5, 0.6) is 0 Å². The smallest absolute Gasteiger partial charge is 0.0250 e. The van der Waals surface area contributed by atoms with E-state index in [0.29, 0.717) is 12.1 Å². The van der Waals surface area contributed by atoms with E-state index in [1.54, 1.807) is 0 Å². The quantitative estimate of drug-likeness (QED) is 0.614. The first-order valence-corrected chi connectivity index (χ1v) is 4.38. The van der Waals surface area contributed by atoms with Gasteiger partial charge in [0.1, 0.15) is 0 Å². The molecule has 0 spiro atoms. The molecule has 2 nitrogen and oxygen atoms in total. The number of nitrogens with zero attached hydrogens (tertiary/aromatic N) is 1. The summed E-state index contributed by atoms with van der Waals surface area (Å²) in [5.41, 5.74) is 5.64. The highest BCUT2D eigenvalue weighted by atomic mass is 15.2. The summed E-state index contributed by atoms with van der Waals surface area (Å²) in [7, 11) is 0. The third-order valence-electron chi connectivity index (χ3n) is 2.56. The van der Waals surface area contributed by atoms with Crippen molar-refractivity contribution in [3.63, 3.8) is 0 Å². The highest BCUT2D eigenvalue weighted by Gasteiger charge is 2.25. The molecule has 2 heteroatoms. The maximum atomic E-state index is 5.64. The fraction of sp³-hybridized carbons (Fsp3) is 0.778.